The number of nitrogens with zero attached hydrogens (tertiary/aromatic N) is 2. The first-order chi connectivity index (χ1) is 9.30. The summed E-state index contributed by atoms with van der Waals surface area (Å²) in [5, 5.41) is 10.0. The fourth-order valence-corrected chi connectivity index (χ4v) is 2.58. The van der Waals surface area contributed by atoms with E-state index in [1.54, 1.807) is 6.07 Å². The predicted molar refractivity (Wildman–Crippen MR) is 80.1 cm³/mol. The van der Waals surface area contributed by atoms with E-state index in [2.05, 4.69) is 25.7 Å². The first-order valence-electron chi connectivity index (χ1n) is 7.13. The minimum Gasteiger partial charge on any atom is -0.507 e. The van der Waals surface area contributed by atoms with Gasteiger partial charge in [0, 0.05) is 31.7 Å². The van der Waals surface area contributed by atoms with E-state index in [1.165, 1.54) is 0 Å². The third-order valence-corrected chi connectivity index (χ3v) is 3.98. The largest absolute Gasteiger partial charge is 0.507 e. The molecule has 1 aliphatic rings. The summed E-state index contributed by atoms with van der Waals surface area (Å²) in [7, 11) is 0. The summed E-state index contributed by atoms with van der Waals surface area (Å²) in [4.78, 5) is 16.7. The van der Waals surface area contributed by atoms with Crippen molar-refractivity contribution in [2.75, 3.05) is 26.2 Å². The van der Waals surface area contributed by atoms with Gasteiger partial charge in [-0.2, -0.15) is 0 Å². The lowest BCUT2D eigenvalue weighted by atomic mass is 10.0. The minimum atomic E-state index is -0.0697. The molecular weight excluding hydrogens is 252 g/mol. The van der Waals surface area contributed by atoms with Crippen LogP contribution in [0.25, 0.3) is 0 Å². The number of carbonyl (C=O) groups is 1. The molecule has 110 valence electrons. The number of amides is 1. The highest BCUT2D eigenvalue weighted by Crippen LogP contribution is 2.24. The van der Waals surface area contributed by atoms with Crippen LogP contribution in [0.4, 0.5) is 0 Å². The number of hydrogen-bond acceptors (Lipinski definition) is 3. The summed E-state index contributed by atoms with van der Waals surface area (Å²) in [6, 6.07) is 5.32. The number of phenols is 1. The summed E-state index contributed by atoms with van der Waals surface area (Å²) in [6.07, 6.45) is 0. The van der Waals surface area contributed by atoms with E-state index in [-0.39, 0.29) is 17.2 Å². The third kappa shape index (κ3) is 2.96. The van der Waals surface area contributed by atoms with Crippen molar-refractivity contribution < 1.29 is 9.90 Å². The second-order valence-corrected chi connectivity index (χ2v) is 6.42. The third-order valence-electron chi connectivity index (χ3n) is 3.98. The smallest absolute Gasteiger partial charge is 0.257 e. The van der Waals surface area contributed by atoms with Crippen LogP contribution in [-0.2, 0) is 0 Å². The first kappa shape index (κ1) is 14.9. The Morgan fingerprint density at radius 1 is 1.15 bits per heavy atom. The van der Waals surface area contributed by atoms with Crippen LogP contribution in [0.2, 0.25) is 0 Å². The summed E-state index contributed by atoms with van der Waals surface area (Å²) in [6.45, 7) is 11.6. The van der Waals surface area contributed by atoms with E-state index in [0.29, 0.717) is 18.7 Å². The van der Waals surface area contributed by atoms with Crippen molar-refractivity contribution in [1.29, 1.82) is 0 Å². The molecule has 1 aromatic carbocycles. The van der Waals surface area contributed by atoms with Gasteiger partial charge in [0.25, 0.3) is 5.91 Å². The van der Waals surface area contributed by atoms with Gasteiger partial charge in [0.2, 0.25) is 0 Å². The highest BCUT2D eigenvalue weighted by Gasteiger charge is 2.29. The summed E-state index contributed by atoms with van der Waals surface area (Å²) in [5.41, 5.74) is 1.29. The van der Waals surface area contributed by atoms with Crippen LogP contribution >= 0.6 is 0 Å². The van der Waals surface area contributed by atoms with Crippen molar-refractivity contribution in [3.8, 4) is 5.75 Å². The second-order valence-electron chi connectivity index (χ2n) is 6.42. The van der Waals surface area contributed by atoms with Gasteiger partial charge in [-0.25, -0.2) is 0 Å². The molecular formula is C16H24N2O2. The van der Waals surface area contributed by atoms with Gasteiger partial charge in [-0.3, -0.25) is 9.69 Å². The van der Waals surface area contributed by atoms with Crippen molar-refractivity contribution in [2.45, 2.75) is 33.2 Å². The second kappa shape index (κ2) is 5.44. The van der Waals surface area contributed by atoms with Gasteiger partial charge < -0.3 is 10.0 Å². The zero-order valence-corrected chi connectivity index (χ0v) is 12.8. The van der Waals surface area contributed by atoms with Gasteiger partial charge in [-0.05, 0) is 39.3 Å². The molecule has 0 aromatic heterocycles. The van der Waals surface area contributed by atoms with Gasteiger partial charge in [0.15, 0.2) is 0 Å². The molecule has 1 N–H and O–H groups in total. The van der Waals surface area contributed by atoms with Crippen LogP contribution in [0, 0.1) is 6.92 Å². The Balaban J connectivity index is 2.07. The van der Waals surface area contributed by atoms with Crippen molar-refractivity contribution in [2.24, 2.45) is 0 Å². The molecule has 0 atom stereocenters. The number of hydrogen-bond donors (Lipinski definition) is 1. The van der Waals surface area contributed by atoms with Gasteiger partial charge in [-0.15, -0.1) is 0 Å². The molecule has 0 bridgehead atoms. The number of carbonyl (C=O) groups excluding carboxylic acids is 1. The average molecular weight is 276 g/mol. The Labute approximate surface area is 121 Å². The Kier molecular flexibility index (Phi) is 4.04. The van der Waals surface area contributed by atoms with Crippen LogP contribution in [0.5, 0.6) is 5.75 Å². The standard InChI is InChI=1S/C16H24N2O2/c1-12-6-5-7-13(14(12)19)15(20)17-8-10-18(11-9-17)16(2,3)4/h5-7,19H,8-11H2,1-4H3. The molecule has 1 fully saturated rings. The summed E-state index contributed by atoms with van der Waals surface area (Å²) < 4.78 is 0. The van der Waals surface area contributed by atoms with Crippen molar-refractivity contribution in [1.82, 2.24) is 9.80 Å². The van der Waals surface area contributed by atoms with Crippen LogP contribution in [0.1, 0.15) is 36.7 Å². The lowest BCUT2D eigenvalue weighted by Gasteiger charge is -2.42. The van der Waals surface area contributed by atoms with Crippen molar-refractivity contribution in [3.63, 3.8) is 0 Å². The molecule has 1 aromatic rings. The molecule has 4 heteroatoms. The van der Waals surface area contributed by atoms with Crippen LogP contribution in [0.3, 0.4) is 0 Å². The summed E-state index contributed by atoms with van der Waals surface area (Å²) >= 11 is 0. The molecule has 1 amide bonds. The summed E-state index contributed by atoms with van der Waals surface area (Å²) in [5.74, 6) is 0.0375. The SMILES string of the molecule is Cc1cccc(C(=O)N2CCN(C(C)(C)C)CC2)c1O. The Hall–Kier alpha value is -1.55. The predicted octanol–water partition coefficient (Wildman–Crippen LogP) is 2.26. The molecule has 1 aliphatic heterocycles. The van der Waals surface area contributed by atoms with Gasteiger partial charge >= 0.3 is 0 Å². The number of benzene rings is 1. The van der Waals surface area contributed by atoms with Crippen LogP contribution in [0.15, 0.2) is 18.2 Å². The van der Waals surface area contributed by atoms with Crippen LogP contribution < -0.4 is 0 Å². The maximum atomic E-state index is 12.5. The van der Waals surface area contributed by atoms with E-state index in [1.807, 2.05) is 24.0 Å². The van der Waals surface area contributed by atoms with E-state index < -0.39 is 0 Å². The topological polar surface area (TPSA) is 43.8 Å². The molecule has 1 saturated heterocycles. The zero-order chi connectivity index (χ0) is 14.9. The van der Waals surface area contributed by atoms with Gasteiger partial charge in [0.1, 0.15) is 5.75 Å². The molecule has 0 spiro atoms. The zero-order valence-electron chi connectivity index (χ0n) is 12.8. The fraction of sp³-hybridized carbons (Fsp3) is 0.562. The first-order valence-corrected chi connectivity index (χ1v) is 7.13. The number of aromatic hydroxyl groups is 1. The van der Waals surface area contributed by atoms with E-state index in [4.69, 9.17) is 0 Å². The minimum absolute atomic E-state index is 0.0697. The average Bonchev–Trinajstić information content (AvgIpc) is 2.40. The highest BCUT2D eigenvalue weighted by molar-refractivity contribution is 5.97. The molecule has 20 heavy (non-hydrogen) atoms. The van der Waals surface area contributed by atoms with E-state index >= 15 is 0 Å². The fourth-order valence-electron chi connectivity index (χ4n) is 2.58. The Morgan fingerprint density at radius 2 is 1.75 bits per heavy atom. The van der Waals surface area contributed by atoms with Crippen molar-refractivity contribution in [3.05, 3.63) is 29.3 Å². The van der Waals surface area contributed by atoms with Gasteiger partial charge in [0.05, 0.1) is 5.56 Å². The monoisotopic (exact) mass is 276 g/mol. The Bertz CT molecular complexity index is 498. The Morgan fingerprint density at radius 3 is 2.30 bits per heavy atom. The van der Waals surface area contributed by atoms with Crippen LogP contribution in [-0.4, -0.2) is 52.5 Å². The number of rotatable bonds is 1. The maximum Gasteiger partial charge on any atom is 0.257 e. The molecule has 1 heterocycles. The normalized spacial score (nSPS) is 17.3. The molecule has 0 saturated carbocycles. The molecule has 0 aliphatic carbocycles. The maximum absolute atomic E-state index is 12.5. The lowest BCUT2D eigenvalue weighted by molar-refractivity contribution is 0.0449. The molecule has 0 radical (unpaired) electrons. The lowest BCUT2D eigenvalue weighted by Crippen LogP contribution is -2.54. The van der Waals surface area contributed by atoms with Gasteiger partial charge in [-0.1, -0.05) is 12.1 Å². The van der Waals surface area contributed by atoms with E-state index in [0.717, 1.165) is 18.7 Å². The quantitative estimate of drug-likeness (QED) is 0.855. The molecule has 0 unspecified atom stereocenters. The number of para-hydroxylation sites is 1. The molecule has 2 rings (SSSR count). The number of piperazine rings is 1. The highest BCUT2D eigenvalue weighted by atomic mass is 16.3. The van der Waals surface area contributed by atoms with E-state index in [9.17, 15) is 9.90 Å². The number of phenolic OH excluding ortho intramolecular Hbond substituents is 1. The molecule has 4 nitrogen and oxygen atoms in total. The van der Waals surface area contributed by atoms with Crippen molar-refractivity contribution >= 4 is 5.91 Å². The number of aryl methyl sites for hydroxylation is 1.